The molecular formula is C32H31FO5. The lowest BCUT2D eigenvalue weighted by atomic mass is 9.87. The Kier molecular flexibility index (Phi) is 6.44. The number of benzene rings is 3. The molecule has 1 aliphatic carbocycles. The van der Waals surface area contributed by atoms with Crippen LogP contribution in [0, 0.1) is 19.7 Å². The van der Waals surface area contributed by atoms with Gasteiger partial charge in [0.15, 0.2) is 0 Å². The van der Waals surface area contributed by atoms with Gasteiger partial charge in [-0.3, -0.25) is 4.79 Å². The van der Waals surface area contributed by atoms with Gasteiger partial charge in [-0.1, -0.05) is 30.3 Å². The second-order valence-corrected chi connectivity index (χ2v) is 10.5. The molecule has 0 aromatic heterocycles. The molecule has 2 heterocycles. The molecule has 3 aromatic rings. The standard InChI is InChI=1S/C32H31FO5/c1-18-13-21(20-9-11-36-12-10-20)14-19(2)31(18)25-5-7-27(33)32-26(25)6-8-28(32)38-23-3-4-24-22(15-30(34)35)17-37-29(24)16-23/h3-5,7,9,13-14,16,22,28H,6,8,10-12,15,17H2,1-2H3,(H,34,35)/t22-,28?/m1/s1. The van der Waals surface area contributed by atoms with Crippen LogP contribution in [0.25, 0.3) is 16.7 Å². The molecule has 0 saturated heterocycles. The van der Waals surface area contributed by atoms with E-state index in [1.165, 1.54) is 22.3 Å². The van der Waals surface area contributed by atoms with Gasteiger partial charge in [-0.15, -0.1) is 0 Å². The highest BCUT2D eigenvalue weighted by atomic mass is 19.1. The van der Waals surface area contributed by atoms with Crippen LogP contribution < -0.4 is 9.47 Å². The highest BCUT2D eigenvalue weighted by molar-refractivity contribution is 5.79. The van der Waals surface area contributed by atoms with Crippen LogP contribution >= 0.6 is 0 Å². The van der Waals surface area contributed by atoms with Crippen LogP contribution in [0.3, 0.4) is 0 Å². The van der Waals surface area contributed by atoms with Gasteiger partial charge in [0, 0.05) is 23.1 Å². The molecule has 0 amide bonds. The molecule has 2 aliphatic heterocycles. The number of hydrogen-bond donors (Lipinski definition) is 1. The molecule has 0 bridgehead atoms. The van der Waals surface area contributed by atoms with Crippen molar-refractivity contribution in [3.63, 3.8) is 0 Å². The third-order valence-corrected chi connectivity index (χ3v) is 7.98. The number of hydrogen-bond acceptors (Lipinski definition) is 4. The Morgan fingerprint density at radius 3 is 2.66 bits per heavy atom. The molecule has 6 heteroatoms. The van der Waals surface area contributed by atoms with E-state index in [-0.39, 0.29) is 18.2 Å². The summed E-state index contributed by atoms with van der Waals surface area (Å²) in [6.07, 6.45) is 4.13. The zero-order valence-electron chi connectivity index (χ0n) is 21.7. The van der Waals surface area contributed by atoms with Crippen molar-refractivity contribution in [1.82, 2.24) is 0 Å². The molecule has 5 nitrogen and oxygen atoms in total. The second kappa shape index (κ2) is 9.91. The van der Waals surface area contributed by atoms with Crippen molar-refractivity contribution in [3.05, 3.63) is 87.7 Å². The normalized spacial score (nSPS) is 19.9. The first kappa shape index (κ1) is 24.7. The van der Waals surface area contributed by atoms with E-state index < -0.39 is 12.1 Å². The van der Waals surface area contributed by atoms with Crippen LogP contribution in [0.5, 0.6) is 11.5 Å². The fourth-order valence-electron chi connectivity index (χ4n) is 6.26. The Labute approximate surface area is 221 Å². The van der Waals surface area contributed by atoms with E-state index in [1.807, 2.05) is 18.2 Å². The molecule has 0 fully saturated rings. The molecule has 0 spiro atoms. The van der Waals surface area contributed by atoms with Gasteiger partial charge < -0.3 is 19.3 Å². The molecule has 1 unspecified atom stereocenters. The van der Waals surface area contributed by atoms with Crippen molar-refractivity contribution in [2.45, 2.75) is 51.6 Å². The summed E-state index contributed by atoms with van der Waals surface area (Å²) in [5.74, 6) is -0.00811. The predicted octanol–water partition coefficient (Wildman–Crippen LogP) is 6.93. The first-order valence-electron chi connectivity index (χ1n) is 13.2. The van der Waals surface area contributed by atoms with Crippen LogP contribution in [0.2, 0.25) is 0 Å². The number of halogens is 1. The lowest BCUT2D eigenvalue weighted by Gasteiger charge is -2.20. The molecule has 3 aliphatic rings. The summed E-state index contributed by atoms with van der Waals surface area (Å²) in [6, 6.07) is 13.4. The minimum absolute atomic E-state index is 0.0308. The highest BCUT2D eigenvalue weighted by Crippen LogP contribution is 2.45. The van der Waals surface area contributed by atoms with E-state index in [0.29, 0.717) is 36.7 Å². The Balaban J connectivity index is 1.30. The summed E-state index contributed by atoms with van der Waals surface area (Å²) >= 11 is 0. The number of carbonyl (C=O) groups is 1. The molecule has 0 radical (unpaired) electrons. The summed E-state index contributed by atoms with van der Waals surface area (Å²) in [5.41, 5.74) is 9.66. The van der Waals surface area contributed by atoms with Gasteiger partial charge in [-0.2, -0.15) is 0 Å². The lowest BCUT2D eigenvalue weighted by Crippen LogP contribution is -2.07. The van der Waals surface area contributed by atoms with Gasteiger partial charge in [0.05, 0.1) is 26.2 Å². The van der Waals surface area contributed by atoms with Crippen molar-refractivity contribution >= 4 is 11.5 Å². The van der Waals surface area contributed by atoms with E-state index >= 15 is 4.39 Å². The molecule has 0 saturated carbocycles. The molecule has 6 rings (SSSR count). The molecule has 38 heavy (non-hydrogen) atoms. The maximum Gasteiger partial charge on any atom is 0.304 e. The van der Waals surface area contributed by atoms with Crippen LogP contribution in [0.1, 0.15) is 64.7 Å². The Morgan fingerprint density at radius 2 is 1.92 bits per heavy atom. The largest absolute Gasteiger partial charge is 0.492 e. The highest BCUT2D eigenvalue weighted by Gasteiger charge is 2.32. The monoisotopic (exact) mass is 514 g/mol. The van der Waals surface area contributed by atoms with Crippen LogP contribution in [0.4, 0.5) is 4.39 Å². The number of aliphatic carboxylic acids is 1. The van der Waals surface area contributed by atoms with Crippen molar-refractivity contribution < 1.29 is 28.5 Å². The van der Waals surface area contributed by atoms with Crippen molar-refractivity contribution in [2.24, 2.45) is 0 Å². The number of aryl methyl sites for hydroxylation is 2. The van der Waals surface area contributed by atoms with Crippen molar-refractivity contribution in [3.8, 4) is 22.6 Å². The van der Waals surface area contributed by atoms with Gasteiger partial charge in [0.2, 0.25) is 0 Å². The average molecular weight is 515 g/mol. The van der Waals surface area contributed by atoms with Gasteiger partial charge in [0.1, 0.15) is 23.4 Å². The average Bonchev–Trinajstić information content (AvgIpc) is 3.50. The van der Waals surface area contributed by atoms with E-state index in [0.717, 1.165) is 41.7 Å². The first-order chi connectivity index (χ1) is 18.4. The Bertz CT molecular complexity index is 1430. The summed E-state index contributed by atoms with van der Waals surface area (Å²) in [5, 5.41) is 9.15. The van der Waals surface area contributed by atoms with Gasteiger partial charge in [-0.05, 0) is 84.2 Å². The van der Waals surface area contributed by atoms with Gasteiger partial charge in [-0.25, -0.2) is 4.39 Å². The molecule has 3 aromatic carbocycles. The summed E-state index contributed by atoms with van der Waals surface area (Å²) in [6.45, 7) is 6.01. The molecule has 196 valence electrons. The van der Waals surface area contributed by atoms with Crippen LogP contribution in [0.15, 0.2) is 48.5 Å². The fourth-order valence-corrected chi connectivity index (χ4v) is 6.26. The van der Waals surface area contributed by atoms with E-state index in [1.54, 1.807) is 12.1 Å². The quantitative estimate of drug-likeness (QED) is 0.386. The third-order valence-electron chi connectivity index (χ3n) is 7.98. The maximum absolute atomic E-state index is 15.3. The fraction of sp³-hybridized carbons (Fsp3) is 0.344. The van der Waals surface area contributed by atoms with E-state index in [9.17, 15) is 4.79 Å². The first-order valence-corrected chi connectivity index (χ1v) is 13.2. The zero-order chi connectivity index (χ0) is 26.4. The smallest absolute Gasteiger partial charge is 0.304 e. The topological polar surface area (TPSA) is 65.0 Å². The van der Waals surface area contributed by atoms with E-state index in [4.69, 9.17) is 19.3 Å². The molecular weight excluding hydrogens is 483 g/mol. The summed E-state index contributed by atoms with van der Waals surface area (Å²) in [7, 11) is 0. The van der Waals surface area contributed by atoms with Gasteiger partial charge >= 0.3 is 5.97 Å². The second-order valence-electron chi connectivity index (χ2n) is 10.5. The summed E-state index contributed by atoms with van der Waals surface area (Å²) < 4.78 is 32.8. The minimum atomic E-state index is -0.846. The molecule has 1 N–H and O–H groups in total. The molecule has 2 atom stereocenters. The Hall–Kier alpha value is -3.64. The SMILES string of the molecule is Cc1cc(C2=CCOCC2)cc(C)c1-c1ccc(F)c2c1CCC2Oc1ccc2c(c1)OC[C@H]2CC(=O)O. The number of carboxylic acid groups (broad SMARTS) is 1. The van der Waals surface area contributed by atoms with E-state index in [2.05, 4.69) is 32.1 Å². The Morgan fingerprint density at radius 1 is 1.11 bits per heavy atom. The van der Waals surface area contributed by atoms with Crippen LogP contribution in [-0.2, 0) is 16.0 Å². The minimum Gasteiger partial charge on any atom is -0.492 e. The number of fused-ring (bicyclic) bond motifs is 2. The number of ether oxygens (including phenoxy) is 3. The van der Waals surface area contributed by atoms with Crippen LogP contribution in [-0.4, -0.2) is 30.9 Å². The van der Waals surface area contributed by atoms with Crippen molar-refractivity contribution in [2.75, 3.05) is 19.8 Å². The number of rotatable bonds is 6. The predicted molar refractivity (Wildman–Crippen MR) is 143 cm³/mol. The van der Waals surface area contributed by atoms with Gasteiger partial charge in [0.25, 0.3) is 0 Å². The number of carboxylic acids is 1. The third kappa shape index (κ3) is 4.47. The summed E-state index contributed by atoms with van der Waals surface area (Å²) in [4.78, 5) is 11.1. The van der Waals surface area contributed by atoms with Crippen molar-refractivity contribution in [1.29, 1.82) is 0 Å². The zero-order valence-corrected chi connectivity index (χ0v) is 21.7. The maximum atomic E-state index is 15.3. The lowest BCUT2D eigenvalue weighted by molar-refractivity contribution is -0.137.